The molecule has 4 nitrogen and oxygen atoms in total. The van der Waals surface area contributed by atoms with Gasteiger partial charge in [0, 0.05) is 12.7 Å². The SMILES string of the molecule is CN(C(=O)Nc1cccc(F)c1)C(C)(C)CO. The summed E-state index contributed by atoms with van der Waals surface area (Å²) in [4.78, 5) is 13.2. The maximum absolute atomic E-state index is 12.9. The van der Waals surface area contributed by atoms with Crippen LogP contribution in [-0.2, 0) is 0 Å². The van der Waals surface area contributed by atoms with Crippen molar-refractivity contribution in [3.05, 3.63) is 30.1 Å². The van der Waals surface area contributed by atoms with Crippen molar-refractivity contribution in [1.29, 1.82) is 0 Å². The number of urea groups is 1. The summed E-state index contributed by atoms with van der Waals surface area (Å²) in [5.74, 6) is -0.410. The summed E-state index contributed by atoms with van der Waals surface area (Å²) in [6.07, 6.45) is 0. The molecule has 0 aliphatic heterocycles. The minimum atomic E-state index is -0.669. The number of amides is 2. The zero-order valence-corrected chi connectivity index (χ0v) is 10.2. The van der Waals surface area contributed by atoms with Crippen molar-refractivity contribution in [2.45, 2.75) is 19.4 Å². The van der Waals surface area contributed by atoms with E-state index in [2.05, 4.69) is 5.32 Å². The zero-order chi connectivity index (χ0) is 13.1. The molecule has 0 saturated heterocycles. The van der Waals surface area contributed by atoms with Gasteiger partial charge in [-0.05, 0) is 32.0 Å². The normalized spacial score (nSPS) is 11.1. The first kappa shape index (κ1) is 13.4. The zero-order valence-electron chi connectivity index (χ0n) is 10.2. The summed E-state index contributed by atoms with van der Waals surface area (Å²) in [5.41, 5.74) is -0.284. The molecule has 1 aromatic rings. The van der Waals surface area contributed by atoms with E-state index in [1.165, 1.54) is 23.1 Å². The number of carbonyl (C=O) groups excluding carboxylic acids is 1. The van der Waals surface area contributed by atoms with E-state index in [-0.39, 0.29) is 6.61 Å². The molecule has 5 heteroatoms. The van der Waals surface area contributed by atoms with Crippen LogP contribution in [0.1, 0.15) is 13.8 Å². The molecule has 2 N–H and O–H groups in total. The lowest BCUT2D eigenvalue weighted by Crippen LogP contribution is -2.49. The first-order valence-electron chi connectivity index (χ1n) is 5.28. The van der Waals surface area contributed by atoms with Crippen LogP contribution in [-0.4, -0.2) is 35.2 Å². The van der Waals surface area contributed by atoms with Crippen LogP contribution in [0, 0.1) is 5.82 Å². The highest BCUT2D eigenvalue weighted by Gasteiger charge is 2.26. The molecule has 0 aliphatic rings. The van der Waals surface area contributed by atoms with Crippen molar-refractivity contribution < 1.29 is 14.3 Å². The first-order valence-corrected chi connectivity index (χ1v) is 5.28. The van der Waals surface area contributed by atoms with Gasteiger partial charge in [0.1, 0.15) is 5.82 Å². The Hall–Kier alpha value is -1.62. The van der Waals surface area contributed by atoms with Crippen molar-refractivity contribution in [3.8, 4) is 0 Å². The van der Waals surface area contributed by atoms with E-state index in [9.17, 15) is 9.18 Å². The highest BCUT2D eigenvalue weighted by atomic mass is 19.1. The molecule has 1 rings (SSSR count). The van der Waals surface area contributed by atoms with Gasteiger partial charge in [-0.1, -0.05) is 6.07 Å². The van der Waals surface area contributed by atoms with Crippen LogP contribution in [0.4, 0.5) is 14.9 Å². The van der Waals surface area contributed by atoms with Gasteiger partial charge in [0.15, 0.2) is 0 Å². The number of hydrogen-bond donors (Lipinski definition) is 2. The Labute approximate surface area is 100 Å². The van der Waals surface area contributed by atoms with Crippen LogP contribution in [0.3, 0.4) is 0 Å². The molecule has 0 saturated carbocycles. The number of nitrogens with one attached hydrogen (secondary N) is 1. The van der Waals surface area contributed by atoms with Gasteiger partial charge in [-0.2, -0.15) is 0 Å². The quantitative estimate of drug-likeness (QED) is 0.849. The molecule has 1 aromatic carbocycles. The van der Waals surface area contributed by atoms with Crippen LogP contribution in [0.15, 0.2) is 24.3 Å². The summed E-state index contributed by atoms with van der Waals surface area (Å²) in [7, 11) is 1.57. The van der Waals surface area contributed by atoms with E-state index < -0.39 is 17.4 Å². The van der Waals surface area contributed by atoms with Gasteiger partial charge in [0.25, 0.3) is 0 Å². The lowest BCUT2D eigenvalue weighted by molar-refractivity contribution is 0.104. The van der Waals surface area contributed by atoms with Gasteiger partial charge in [-0.3, -0.25) is 0 Å². The molecule has 0 heterocycles. The molecule has 0 atom stereocenters. The smallest absolute Gasteiger partial charge is 0.322 e. The predicted octanol–water partition coefficient (Wildman–Crippen LogP) is 2.06. The van der Waals surface area contributed by atoms with Crippen LogP contribution in [0.2, 0.25) is 0 Å². The Bertz CT molecular complexity index is 407. The van der Waals surface area contributed by atoms with Crippen LogP contribution in [0.25, 0.3) is 0 Å². The van der Waals surface area contributed by atoms with Crippen molar-refractivity contribution >= 4 is 11.7 Å². The molecule has 94 valence electrons. The molecule has 0 aromatic heterocycles. The van der Waals surface area contributed by atoms with Gasteiger partial charge in [-0.25, -0.2) is 9.18 Å². The second-order valence-corrected chi connectivity index (χ2v) is 4.47. The van der Waals surface area contributed by atoms with Crippen LogP contribution >= 0.6 is 0 Å². The number of anilines is 1. The van der Waals surface area contributed by atoms with E-state index >= 15 is 0 Å². The van der Waals surface area contributed by atoms with Gasteiger partial charge in [0.2, 0.25) is 0 Å². The third kappa shape index (κ3) is 3.42. The number of likely N-dealkylation sites (N-methyl/N-ethyl adjacent to an activating group) is 1. The number of aliphatic hydroxyl groups is 1. The summed E-state index contributed by atoms with van der Waals surface area (Å²) in [6.45, 7) is 3.32. The molecular formula is C12H17FN2O2. The Morgan fingerprint density at radius 2 is 2.18 bits per heavy atom. The lowest BCUT2D eigenvalue weighted by atomic mass is 10.1. The van der Waals surface area contributed by atoms with Crippen LogP contribution in [0.5, 0.6) is 0 Å². The molecule has 0 aliphatic carbocycles. The van der Waals surface area contributed by atoms with Gasteiger partial charge in [0.05, 0.1) is 12.1 Å². The van der Waals surface area contributed by atoms with Crippen molar-refractivity contribution in [2.24, 2.45) is 0 Å². The first-order chi connectivity index (χ1) is 7.86. The maximum Gasteiger partial charge on any atom is 0.322 e. The molecule has 0 spiro atoms. The second kappa shape index (κ2) is 5.14. The Kier molecular flexibility index (Phi) is 4.07. The van der Waals surface area contributed by atoms with Crippen molar-refractivity contribution in [1.82, 2.24) is 4.90 Å². The van der Waals surface area contributed by atoms with E-state index in [1.807, 2.05) is 0 Å². The summed E-state index contributed by atoms with van der Waals surface area (Å²) in [5, 5.41) is 11.7. The standard InChI is InChI=1S/C12H17FN2O2/c1-12(2,8-16)15(3)11(17)14-10-6-4-5-9(13)7-10/h4-7,16H,8H2,1-3H3,(H,14,17). The minimum absolute atomic E-state index is 0.153. The van der Waals surface area contributed by atoms with E-state index in [0.717, 1.165) is 0 Å². The van der Waals surface area contributed by atoms with E-state index in [0.29, 0.717) is 5.69 Å². The number of benzene rings is 1. The second-order valence-electron chi connectivity index (χ2n) is 4.47. The Morgan fingerprint density at radius 1 is 1.53 bits per heavy atom. The largest absolute Gasteiger partial charge is 0.394 e. The maximum atomic E-state index is 12.9. The highest BCUT2D eigenvalue weighted by Crippen LogP contribution is 2.14. The number of hydrogen-bond acceptors (Lipinski definition) is 2. The molecule has 17 heavy (non-hydrogen) atoms. The third-order valence-electron chi connectivity index (χ3n) is 2.68. The fourth-order valence-electron chi connectivity index (χ4n) is 1.15. The summed E-state index contributed by atoms with van der Waals surface area (Å²) in [6, 6.07) is 5.26. The summed E-state index contributed by atoms with van der Waals surface area (Å²) < 4.78 is 12.9. The average molecular weight is 240 g/mol. The third-order valence-corrected chi connectivity index (χ3v) is 2.68. The topological polar surface area (TPSA) is 52.6 Å². The molecule has 0 fully saturated rings. The van der Waals surface area contributed by atoms with Crippen molar-refractivity contribution in [2.75, 3.05) is 19.0 Å². The van der Waals surface area contributed by atoms with Gasteiger partial charge < -0.3 is 15.3 Å². The number of nitrogens with zero attached hydrogens (tertiary/aromatic N) is 1. The monoisotopic (exact) mass is 240 g/mol. The fraction of sp³-hybridized carbons (Fsp3) is 0.417. The minimum Gasteiger partial charge on any atom is -0.394 e. The fourth-order valence-corrected chi connectivity index (χ4v) is 1.15. The van der Waals surface area contributed by atoms with Crippen molar-refractivity contribution in [3.63, 3.8) is 0 Å². The molecule has 2 amide bonds. The van der Waals surface area contributed by atoms with Crippen LogP contribution < -0.4 is 5.32 Å². The lowest BCUT2D eigenvalue weighted by Gasteiger charge is -2.33. The van der Waals surface area contributed by atoms with E-state index in [1.54, 1.807) is 27.0 Å². The Morgan fingerprint density at radius 3 is 2.71 bits per heavy atom. The average Bonchev–Trinajstić information content (AvgIpc) is 2.28. The number of rotatable bonds is 3. The number of carbonyl (C=O) groups is 1. The molecule has 0 unspecified atom stereocenters. The molecule has 0 bridgehead atoms. The molecular weight excluding hydrogens is 223 g/mol. The predicted molar refractivity (Wildman–Crippen MR) is 64.3 cm³/mol. The Balaban J connectivity index is 2.73. The molecule has 0 radical (unpaired) electrons. The highest BCUT2D eigenvalue weighted by molar-refractivity contribution is 5.89. The van der Waals surface area contributed by atoms with Gasteiger partial charge >= 0.3 is 6.03 Å². The number of aliphatic hydroxyl groups excluding tert-OH is 1. The summed E-state index contributed by atoms with van der Waals surface area (Å²) >= 11 is 0. The number of halogens is 1. The van der Waals surface area contributed by atoms with Gasteiger partial charge in [-0.15, -0.1) is 0 Å². The van der Waals surface area contributed by atoms with E-state index in [4.69, 9.17) is 5.11 Å².